The van der Waals surface area contributed by atoms with Crippen molar-refractivity contribution in [3.05, 3.63) is 53.9 Å². The number of aromatic nitrogens is 2. The summed E-state index contributed by atoms with van der Waals surface area (Å²) in [4.78, 5) is 2.38. The van der Waals surface area contributed by atoms with Crippen LogP contribution in [0.25, 0.3) is 0 Å². The summed E-state index contributed by atoms with van der Waals surface area (Å²) < 4.78 is 1.83. The van der Waals surface area contributed by atoms with Gasteiger partial charge in [0.2, 0.25) is 0 Å². The predicted molar refractivity (Wildman–Crippen MR) is 90.9 cm³/mol. The third-order valence-electron chi connectivity index (χ3n) is 4.62. The van der Waals surface area contributed by atoms with E-state index in [1.807, 2.05) is 30.2 Å². The van der Waals surface area contributed by atoms with Crippen LogP contribution < -0.4 is 5.32 Å². The van der Waals surface area contributed by atoms with Crippen LogP contribution in [0.1, 0.15) is 30.5 Å². The van der Waals surface area contributed by atoms with Crippen molar-refractivity contribution in [1.29, 1.82) is 0 Å². The molecule has 1 aromatic carbocycles. The van der Waals surface area contributed by atoms with Crippen LogP contribution in [0, 0.1) is 0 Å². The zero-order valence-electron chi connectivity index (χ0n) is 13.9. The number of aliphatic hydroxyl groups is 1. The number of benzene rings is 1. The first-order valence-corrected chi connectivity index (χ1v) is 8.30. The highest BCUT2D eigenvalue weighted by molar-refractivity contribution is 5.15. The van der Waals surface area contributed by atoms with Gasteiger partial charge in [-0.05, 0) is 18.9 Å². The number of nitrogens with zero attached hydrogens (tertiary/aromatic N) is 3. The number of nitrogens with one attached hydrogen (secondary N) is 1. The molecule has 3 rings (SSSR count). The lowest BCUT2D eigenvalue weighted by atomic mass is 10.1. The van der Waals surface area contributed by atoms with E-state index >= 15 is 0 Å². The smallest absolute Gasteiger partial charge is 0.0682 e. The summed E-state index contributed by atoms with van der Waals surface area (Å²) in [7, 11) is 1.94. The van der Waals surface area contributed by atoms with E-state index in [2.05, 4.69) is 46.5 Å². The van der Waals surface area contributed by atoms with Crippen molar-refractivity contribution in [1.82, 2.24) is 20.0 Å². The van der Waals surface area contributed by atoms with Crippen molar-refractivity contribution in [2.75, 3.05) is 13.1 Å². The molecule has 2 aromatic rings. The second-order valence-corrected chi connectivity index (χ2v) is 6.54. The number of likely N-dealkylation sites (tertiary alicyclic amines) is 1. The summed E-state index contributed by atoms with van der Waals surface area (Å²) in [6.45, 7) is 4.68. The van der Waals surface area contributed by atoms with Crippen LogP contribution in [-0.4, -0.2) is 45.0 Å². The first kappa shape index (κ1) is 16.2. The largest absolute Gasteiger partial charge is 0.392 e. The molecule has 5 nitrogen and oxygen atoms in total. The topological polar surface area (TPSA) is 53.3 Å². The van der Waals surface area contributed by atoms with Crippen molar-refractivity contribution < 1.29 is 5.11 Å². The van der Waals surface area contributed by atoms with Gasteiger partial charge in [0.05, 0.1) is 12.3 Å². The number of aliphatic hydroxyl groups excluding tert-OH is 1. The molecule has 0 amide bonds. The fraction of sp³-hybridized carbons (Fsp3) is 0.500. The van der Waals surface area contributed by atoms with Gasteiger partial charge in [-0.15, -0.1) is 0 Å². The summed E-state index contributed by atoms with van der Waals surface area (Å²) >= 11 is 0. The van der Waals surface area contributed by atoms with Crippen LogP contribution in [0.5, 0.6) is 0 Å². The lowest BCUT2D eigenvalue weighted by Gasteiger charge is -2.26. The Kier molecular flexibility index (Phi) is 5.10. The molecule has 2 N–H and O–H groups in total. The van der Waals surface area contributed by atoms with Gasteiger partial charge >= 0.3 is 0 Å². The molecule has 1 aliphatic heterocycles. The molecule has 23 heavy (non-hydrogen) atoms. The molecule has 1 fully saturated rings. The van der Waals surface area contributed by atoms with Crippen LogP contribution in [0.15, 0.2) is 42.7 Å². The molecule has 0 radical (unpaired) electrons. The molecule has 124 valence electrons. The average Bonchev–Trinajstić information content (AvgIpc) is 3.12. The van der Waals surface area contributed by atoms with Gasteiger partial charge in [0.1, 0.15) is 0 Å². The minimum atomic E-state index is -0.223. The Balaban J connectivity index is 1.57. The van der Waals surface area contributed by atoms with E-state index in [-0.39, 0.29) is 12.1 Å². The highest BCUT2D eigenvalue weighted by Gasteiger charge is 2.30. The van der Waals surface area contributed by atoms with E-state index in [0.29, 0.717) is 6.04 Å². The summed E-state index contributed by atoms with van der Waals surface area (Å²) in [5.41, 5.74) is 2.49. The van der Waals surface area contributed by atoms with E-state index in [1.165, 1.54) is 11.1 Å². The summed E-state index contributed by atoms with van der Waals surface area (Å²) in [5.74, 6) is 0. The van der Waals surface area contributed by atoms with Crippen molar-refractivity contribution in [3.8, 4) is 0 Å². The van der Waals surface area contributed by atoms with Gasteiger partial charge in [-0.1, -0.05) is 30.3 Å². The van der Waals surface area contributed by atoms with Crippen LogP contribution in [0.2, 0.25) is 0 Å². The summed E-state index contributed by atoms with van der Waals surface area (Å²) in [5, 5.41) is 17.9. The van der Waals surface area contributed by atoms with Crippen molar-refractivity contribution >= 4 is 0 Å². The molecule has 5 heteroatoms. The van der Waals surface area contributed by atoms with Gasteiger partial charge in [-0.25, -0.2) is 0 Å². The third kappa shape index (κ3) is 4.19. The highest BCUT2D eigenvalue weighted by Crippen LogP contribution is 2.21. The standard InChI is InChI=1S/C18H26N4O/c1-14(16-9-20-21(2)12-16)19-10-17-8-18(23)13-22(17)11-15-6-4-3-5-7-15/h3-7,9,12,14,17-19,23H,8,10-11,13H2,1-2H3. The first-order valence-electron chi connectivity index (χ1n) is 8.30. The van der Waals surface area contributed by atoms with Crippen LogP contribution >= 0.6 is 0 Å². The average molecular weight is 314 g/mol. The number of hydrogen-bond donors (Lipinski definition) is 2. The number of aryl methyl sites for hydroxylation is 1. The fourth-order valence-electron chi connectivity index (χ4n) is 3.28. The highest BCUT2D eigenvalue weighted by atomic mass is 16.3. The first-order chi connectivity index (χ1) is 11.1. The van der Waals surface area contributed by atoms with Gasteiger partial charge in [-0.3, -0.25) is 9.58 Å². The second kappa shape index (κ2) is 7.25. The molecule has 0 aliphatic carbocycles. The number of β-amino-alcohol motifs (C(OH)–C–C–N with tert-alkyl or cyclic N) is 1. The molecule has 0 spiro atoms. The Morgan fingerprint density at radius 2 is 2.13 bits per heavy atom. The zero-order valence-corrected chi connectivity index (χ0v) is 13.9. The Bertz CT molecular complexity index is 612. The Morgan fingerprint density at radius 1 is 1.35 bits per heavy atom. The molecule has 0 bridgehead atoms. The molecule has 1 aromatic heterocycles. The van der Waals surface area contributed by atoms with Crippen LogP contribution in [-0.2, 0) is 13.6 Å². The monoisotopic (exact) mass is 314 g/mol. The summed E-state index contributed by atoms with van der Waals surface area (Å²) in [6.07, 6.45) is 4.56. The van der Waals surface area contributed by atoms with Crippen LogP contribution in [0.3, 0.4) is 0 Å². The van der Waals surface area contributed by atoms with E-state index in [0.717, 1.165) is 26.1 Å². The maximum atomic E-state index is 10.1. The molecular formula is C18H26N4O. The predicted octanol–water partition coefficient (Wildman–Crippen LogP) is 1.71. The second-order valence-electron chi connectivity index (χ2n) is 6.54. The zero-order chi connectivity index (χ0) is 16.2. The van der Waals surface area contributed by atoms with Gasteiger partial charge < -0.3 is 10.4 Å². The molecule has 3 unspecified atom stereocenters. The van der Waals surface area contributed by atoms with Crippen molar-refractivity contribution in [2.45, 2.75) is 38.1 Å². The van der Waals surface area contributed by atoms with Crippen molar-refractivity contribution in [2.24, 2.45) is 7.05 Å². The Labute approximate surface area is 137 Å². The van der Waals surface area contributed by atoms with E-state index in [1.54, 1.807) is 0 Å². The fourth-order valence-corrected chi connectivity index (χ4v) is 3.28. The van der Waals surface area contributed by atoms with Gasteiger partial charge in [0.15, 0.2) is 0 Å². The molecular weight excluding hydrogens is 288 g/mol. The molecule has 2 heterocycles. The van der Waals surface area contributed by atoms with Gasteiger partial charge in [-0.2, -0.15) is 5.10 Å². The minimum absolute atomic E-state index is 0.223. The van der Waals surface area contributed by atoms with Gasteiger partial charge in [0.25, 0.3) is 0 Å². The van der Waals surface area contributed by atoms with E-state index < -0.39 is 0 Å². The molecule has 1 aliphatic rings. The normalized spacial score (nSPS) is 23.3. The molecule has 1 saturated heterocycles. The lowest BCUT2D eigenvalue weighted by molar-refractivity contribution is 0.172. The molecule has 3 atom stereocenters. The third-order valence-corrected chi connectivity index (χ3v) is 4.62. The molecule has 0 saturated carbocycles. The Morgan fingerprint density at radius 3 is 2.83 bits per heavy atom. The SMILES string of the molecule is CC(NCC1CC(O)CN1Cc1ccccc1)c1cnn(C)c1. The maximum absolute atomic E-state index is 10.1. The van der Waals surface area contributed by atoms with Crippen LogP contribution in [0.4, 0.5) is 0 Å². The number of rotatable bonds is 6. The minimum Gasteiger partial charge on any atom is -0.392 e. The van der Waals surface area contributed by atoms with E-state index in [9.17, 15) is 5.11 Å². The summed E-state index contributed by atoms with van der Waals surface area (Å²) in [6, 6.07) is 11.1. The maximum Gasteiger partial charge on any atom is 0.0682 e. The Hall–Kier alpha value is -1.69. The quantitative estimate of drug-likeness (QED) is 0.852. The van der Waals surface area contributed by atoms with Gasteiger partial charge in [0, 0.05) is 50.5 Å². The van der Waals surface area contributed by atoms with Crippen molar-refractivity contribution in [3.63, 3.8) is 0 Å². The van der Waals surface area contributed by atoms with E-state index in [4.69, 9.17) is 0 Å². The lowest BCUT2D eigenvalue weighted by Crippen LogP contribution is -2.38. The number of hydrogen-bond acceptors (Lipinski definition) is 4.